The molecule has 1 N–H and O–H groups in total. The first-order valence-corrected chi connectivity index (χ1v) is 11.1. The molecule has 0 saturated carbocycles. The maximum atomic E-state index is 12.5. The molecule has 10 heteroatoms. The number of hydrogen-bond donors (Lipinski definition) is 1. The molecular weight excluding hydrogens is 406 g/mol. The van der Waals surface area contributed by atoms with Crippen molar-refractivity contribution in [3.8, 4) is 0 Å². The molecule has 1 aromatic heterocycles. The van der Waals surface area contributed by atoms with Gasteiger partial charge in [-0.3, -0.25) is 14.6 Å². The van der Waals surface area contributed by atoms with Gasteiger partial charge in [-0.25, -0.2) is 8.42 Å². The maximum Gasteiger partial charge on any atom is 0.317 e. The number of likely N-dealkylation sites (N-methyl/N-ethyl adjacent to an activating group) is 1. The van der Waals surface area contributed by atoms with Gasteiger partial charge in [-0.05, 0) is 44.4 Å². The van der Waals surface area contributed by atoms with Crippen molar-refractivity contribution in [1.82, 2.24) is 14.1 Å². The van der Waals surface area contributed by atoms with Gasteiger partial charge in [-0.15, -0.1) is 12.4 Å². The fourth-order valence-corrected chi connectivity index (χ4v) is 5.42. The van der Waals surface area contributed by atoms with Crippen molar-refractivity contribution in [2.24, 2.45) is 0 Å². The Morgan fingerprint density at radius 1 is 1.21 bits per heavy atom. The topological polar surface area (TPSA) is 94.3 Å². The third-order valence-corrected chi connectivity index (χ3v) is 7.27. The van der Waals surface area contributed by atoms with Crippen LogP contribution in [0.15, 0.2) is 21.6 Å². The third-order valence-electron chi connectivity index (χ3n) is 5.49. The monoisotopic (exact) mass is 435 g/mol. The van der Waals surface area contributed by atoms with Crippen molar-refractivity contribution < 1.29 is 22.7 Å². The Bertz CT molecular complexity index is 740. The molecule has 2 aliphatic heterocycles. The van der Waals surface area contributed by atoms with Crippen LogP contribution in [0, 0.1) is 0 Å². The second-order valence-electron chi connectivity index (χ2n) is 7.30. The van der Waals surface area contributed by atoms with Crippen LogP contribution in [-0.2, 0) is 21.4 Å². The highest BCUT2D eigenvalue weighted by molar-refractivity contribution is 7.89. The van der Waals surface area contributed by atoms with Gasteiger partial charge in [0.2, 0.25) is 5.09 Å². The summed E-state index contributed by atoms with van der Waals surface area (Å²) >= 11 is 0. The summed E-state index contributed by atoms with van der Waals surface area (Å²) in [5.41, 5.74) is 0. The van der Waals surface area contributed by atoms with Crippen LogP contribution in [0.3, 0.4) is 0 Å². The molecule has 2 saturated heterocycles. The van der Waals surface area contributed by atoms with E-state index in [9.17, 15) is 13.2 Å². The van der Waals surface area contributed by atoms with Gasteiger partial charge in [0.1, 0.15) is 5.76 Å². The molecule has 0 atom stereocenters. The molecule has 0 spiro atoms. The van der Waals surface area contributed by atoms with E-state index in [-0.39, 0.29) is 30.1 Å². The highest BCUT2D eigenvalue weighted by Gasteiger charge is 2.30. The van der Waals surface area contributed by atoms with Crippen LogP contribution < -0.4 is 0 Å². The Balaban J connectivity index is 0.00000280. The molecule has 0 unspecified atom stereocenters. The van der Waals surface area contributed by atoms with E-state index in [2.05, 4.69) is 4.90 Å². The number of likely N-dealkylation sites (tertiary alicyclic amines) is 1. The Hall–Kier alpha value is -1.13. The van der Waals surface area contributed by atoms with Crippen molar-refractivity contribution in [2.45, 2.75) is 50.3 Å². The van der Waals surface area contributed by atoms with Gasteiger partial charge in [0, 0.05) is 32.2 Å². The molecule has 3 rings (SSSR count). The summed E-state index contributed by atoms with van der Waals surface area (Å²) in [6, 6.07) is 3.59. The Morgan fingerprint density at radius 2 is 1.86 bits per heavy atom. The molecule has 0 radical (unpaired) electrons. The zero-order chi connectivity index (χ0) is 19.4. The molecule has 0 amide bonds. The van der Waals surface area contributed by atoms with Crippen LogP contribution in [0.2, 0.25) is 0 Å². The second kappa shape index (κ2) is 10.1. The summed E-state index contributed by atoms with van der Waals surface area (Å²) in [6.45, 7) is 6.19. The number of rotatable bonds is 8. The molecule has 0 aliphatic carbocycles. The highest BCUT2D eigenvalue weighted by atomic mass is 35.5. The lowest BCUT2D eigenvalue weighted by atomic mass is 10.0. The number of furan rings is 1. The van der Waals surface area contributed by atoms with E-state index in [0.29, 0.717) is 25.4 Å². The number of carboxylic acid groups (broad SMARTS) is 1. The summed E-state index contributed by atoms with van der Waals surface area (Å²) in [5, 5.41) is 9.06. The largest absolute Gasteiger partial charge is 0.480 e. The van der Waals surface area contributed by atoms with Gasteiger partial charge in [0.15, 0.2) is 0 Å². The molecule has 28 heavy (non-hydrogen) atoms. The Morgan fingerprint density at radius 3 is 2.43 bits per heavy atom. The third kappa shape index (κ3) is 5.48. The van der Waals surface area contributed by atoms with E-state index in [4.69, 9.17) is 9.52 Å². The fraction of sp³-hybridized carbons (Fsp3) is 0.722. The number of nitrogens with zero attached hydrogens (tertiary/aromatic N) is 3. The number of carbonyl (C=O) groups is 1. The standard InChI is InChI=1S/C18H29N3O5S.ClH/c1-2-20(14-17(22)23)15-7-11-19(12-8-15)13-16-5-6-18(26-16)27(24,25)21-9-3-4-10-21;/h5-6,15H,2-4,7-14H2,1H3,(H,22,23);1H. The van der Waals surface area contributed by atoms with Crippen LogP contribution in [0.4, 0.5) is 0 Å². The van der Waals surface area contributed by atoms with Crippen molar-refractivity contribution in [2.75, 3.05) is 39.3 Å². The average Bonchev–Trinajstić information content (AvgIpc) is 3.33. The van der Waals surface area contributed by atoms with E-state index in [1.54, 1.807) is 12.1 Å². The second-order valence-corrected chi connectivity index (χ2v) is 9.16. The zero-order valence-electron chi connectivity index (χ0n) is 16.2. The predicted octanol–water partition coefficient (Wildman–Crippen LogP) is 1.86. The number of aliphatic carboxylic acids is 1. The van der Waals surface area contributed by atoms with Crippen LogP contribution in [0.5, 0.6) is 0 Å². The Labute approximate surface area is 172 Å². The first kappa shape index (κ1) is 23.2. The van der Waals surface area contributed by atoms with Crippen LogP contribution in [0.1, 0.15) is 38.4 Å². The summed E-state index contributed by atoms with van der Waals surface area (Å²) < 4.78 is 32.2. The summed E-state index contributed by atoms with van der Waals surface area (Å²) in [5.74, 6) is -0.134. The minimum absolute atomic E-state index is 0. The maximum absolute atomic E-state index is 12.5. The van der Waals surface area contributed by atoms with Gasteiger partial charge in [0.05, 0.1) is 13.1 Å². The summed E-state index contributed by atoms with van der Waals surface area (Å²) in [7, 11) is -3.51. The van der Waals surface area contributed by atoms with Crippen molar-refractivity contribution in [3.05, 3.63) is 17.9 Å². The van der Waals surface area contributed by atoms with E-state index in [1.807, 2.05) is 11.8 Å². The van der Waals surface area contributed by atoms with Crippen LogP contribution in [-0.4, -0.2) is 78.9 Å². The van der Waals surface area contributed by atoms with Crippen molar-refractivity contribution in [1.29, 1.82) is 0 Å². The number of hydrogen-bond acceptors (Lipinski definition) is 6. The minimum atomic E-state index is -3.51. The van der Waals surface area contributed by atoms with E-state index in [0.717, 1.165) is 45.3 Å². The smallest absolute Gasteiger partial charge is 0.317 e. The van der Waals surface area contributed by atoms with E-state index in [1.165, 1.54) is 4.31 Å². The van der Waals surface area contributed by atoms with E-state index >= 15 is 0 Å². The Kier molecular flexibility index (Phi) is 8.32. The van der Waals surface area contributed by atoms with Gasteiger partial charge in [-0.1, -0.05) is 6.92 Å². The minimum Gasteiger partial charge on any atom is -0.480 e. The number of carboxylic acids is 1. The van der Waals surface area contributed by atoms with Crippen LogP contribution >= 0.6 is 12.4 Å². The molecule has 160 valence electrons. The molecule has 0 aromatic carbocycles. The molecule has 3 heterocycles. The predicted molar refractivity (Wildman–Crippen MR) is 107 cm³/mol. The highest BCUT2D eigenvalue weighted by Crippen LogP contribution is 2.24. The quantitative estimate of drug-likeness (QED) is 0.665. The number of halogens is 1. The molecular formula is C18H30ClN3O5S. The first-order valence-electron chi connectivity index (χ1n) is 9.67. The van der Waals surface area contributed by atoms with Gasteiger partial charge < -0.3 is 9.52 Å². The van der Waals surface area contributed by atoms with Gasteiger partial charge in [-0.2, -0.15) is 4.31 Å². The fourth-order valence-electron chi connectivity index (χ4n) is 3.97. The lowest BCUT2D eigenvalue weighted by Crippen LogP contribution is -2.46. The van der Waals surface area contributed by atoms with E-state index < -0.39 is 16.0 Å². The zero-order valence-corrected chi connectivity index (χ0v) is 17.9. The molecule has 2 aliphatic rings. The summed E-state index contributed by atoms with van der Waals surface area (Å²) in [4.78, 5) is 15.2. The molecule has 1 aromatic rings. The van der Waals surface area contributed by atoms with Crippen molar-refractivity contribution >= 4 is 28.4 Å². The molecule has 0 bridgehead atoms. The van der Waals surface area contributed by atoms with Gasteiger partial charge >= 0.3 is 5.97 Å². The molecule has 2 fully saturated rings. The number of piperidine rings is 1. The normalized spacial score (nSPS) is 19.8. The average molecular weight is 436 g/mol. The SMILES string of the molecule is CCN(CC(=O)O)C1CCN(Cc2ccc(S(=O)(=O)N3CCCC3)o2)CC1.Cl. The van der Waals surface area contributed by atoms with Crippen LogP contribution in [0.25, 0.3) is 0 Å². The first-order chi connectivity index (χ1) is 12.9. The number of sulfonamides is 1. The van der Waals surface area contributed by atoms with Crippen molar-refractivity contribution in [3.63, 3.8) is 0 Å². The van der Waals surface area contributed by atoms with Gasteiger partial charge in [0.25, 0.3) is 10.0 Å². The lowest BCUT2D eigenvalue weighted by Gasteiger charge is -2.37. The molecule has 8 nitrogen and oxygen atoms in total. The summed E-state index contributed by atoms with van der Waals surface area (Å²) in [6.07, 6.45) is 3.61. The lowest BCUT2D eigenvalue weighted by molar-refractivity contribution is -0.139.